The van der Waals surface area contributed by atoms with Gasteiger partial charge in [0.1, 0.15) is 11.3 Å². The lowest BCUT2D eigenvalue weighted by atomic mass is 10.1. The molecule has 31 heavy (non-hydrogen) atoms. The maximum Gasteiger partial charge on any atom is 0.253 e. The number of amides is 1. The van der Waals surface area contributed by atoms with Crippen LogP contribution in [0.5, 0.6) is 5.88 Å². The van der Waals surface area contributed by atoms with E-state index in [1.165, 1.54) is 6.07 Å². The highest BCUT2D eigenvalue weighted by Crippen LogP contribution is 2.33. The number of benzene rings is 1. The average molecular weight is 417 g/mol. The minimum absolute atomic E-state index is 0.136. The van der Waals surface area contributed by atoms with Crippen LogP contribution in [0.15, 0.2) is 48.7 Å². The molecule has 3 aromatic heterocycles. The van der Waals surface area contributed by atoms with Crippen LogP contribution < -0.4 is 15.5 Å². The van der Waals surface area contributed by atoms with Crippen molar-refractivity contribution in [3.05, 3.63) is 71.3 Å². The first-order valence-electron chi connectivity index (χ1n) is 9.92. The molecule has 8 heteroatoms. The SMILES string of the molecule is COc1ccc2nccc(-c3cc4c(n3Nc3cccc(F)c3C)CCNC4=O)c2n1. The number of aromatic nitrogens is 3. The van der Waals surface area contributed by atoms with Crippen LogP contribution in [-0.4, -0.2) is 34.2 Å². The molecule has 4 aromatic rings. The fourth-order valence-corrected chi connectivity index (χ4v) is 3.89. The van der Waals surface area contributed by atoms with Gasteiger partial charge in [0.15, 0.2) is 0 Å². The second kappa shape index (κ2) is 7.39. The molecule has 2 N–H and O–H groups in total. The summed E-state index contributed by atoms with van der Waals surface area (Å²) < 4.78 is 21.3. The van der Waals surface area contributed by atoms with Crippen molar-refractivity contribution < 1.29 is 13.9 Å². The number of methoxy groups -OCH3 is 1. The van der Waals surface area contributed by atoms with Crippen LogP contribution in [0.4, 0.5) is 10.1 Å². The lowest BCUT2D eigenvalue weighted by Gasteiger charge is -2.20. The number of nitrogens with one attached hydrogen (secondary N) is 2. The largest absolute Gasteiger partial charge is 0.481 e. The minimum Gasteiger partial charge on any atom is -0.481 e. The standard InChI is InChI=1S/C23H20FN5O2/c1-13-16(24)4-3-5-17(13)28-29-19-9-11-26-23(30)15(19)12-20(29)14-8-10-25-18-6-7-21(31-2)27-22(14)18/h3-8,10,12,28H,9,11H2,1-2H3,(H,26,30). The van der Waals surface area contributed by atoms with Crippen LogP contribution in [0.1, 0.15) is 21.6 Å². The van der Waals surface area contributed by atoms with E-state index in [4.69, 9.17) is 4.74 Å². The summed E-state index contributed by atoms with van der Waals surface area (Å²) in [6.07, 6.45) is 2.35. The van der Waals surface area contributed by atoms with Crippen molar-refractivity contribution in [3.63, 3.8) is 0 Å². The van der Waals surface area contributed by atoms with E-state index in [2.05, 4.69) is 20.7 Å². The Morgan fingerprint density at radius 3 is 2.90 bits per heavy atom. The fourth-order valence-electron chi connectivity index (χ4n) is 3.89. The fraction of sp³-hybridized carbons (Fsp3) is 0.174. The van der Waals surface area contributed by atoms with Crippen molar-refractivity contribution in [2.24, 2.45) is 0 Å². The topological polar surface area (TPSA) is 81.1 Å². The molecule has 0 saturated carbocycles. The zero-order chi connectivity index (χ0) is 21.5. The number of carbonyl (C=O) groups is 1. The molecule has 156 valence electrons. The number of fused-ring (bicyclic) bond motifs is 2. The Labute approximate surface area is 177 Å². The smallest absolute Gasteiger partial charge is 0.253 e. The normalized spacial score (nSPS) is 13.1. The first-order chi connectivity index (χ1) is 15.1. The molecule has 1 aromatic carbocycles. The summed E-state index contributed by atoms with van der Waals surface area (Å²) in [5.74, 6) is 0.0327. The third-order valence-corrected chi connectivity index (χ3v) is 5.54. The van der Waals surface area contributed by atoms with E-state index in [9.17, 15) is 9.18 Å². The van der Waals surface area contributed by atoms with Crippen molar-refractivity contribution in [2.75, 3.05) is 19.1 Å². The monoisotopic (exact) mass is 417 g/mol. The van der Waals surface area contributed by atoms with Crippen molar-refractivity contribution >= 4 is 22.6 Å². The number of nitrogens with zero attached hydrogens (tertiary/aromatic N) is 3. The second-order valence-electron chi connectivity index (χ2n) is 7.34. The summed E-state index contributed by atoms with van der Waals surface area (Å²) in [6, 6.07) is 12.2. The zero-order valence-corrected chi connectivity index (χ0v) is 17.1. The summed E-state index contributed by atoms with van der Waals surface area (Å²) in [4.78, 5) is 21.6. The number of hydrogen-bond acceptors (Lipinski definition) is 5. The van der Waals surface area contributed by atoms with E-state index in [-0.39, 0.29) is 11.7 Å². The van der Waals surface area contributed by atoms with Crippen molar-refractivity contribution in [3.8, 4) is 17.1 Å². The van der Waals surface area contributed by atoms with Crippen LogP contribution in [0.3, 0.4) is 0 Å². The van der Waals surface area contributed by atoms with E-state index >= 15 is 0 Å². The number of carbonyl (C=O) groups excluding carboxylic acids is 1. The molecule has 0 aliphatic carbocycles. The van der Waals surface area contributed by atoms with E-state index in [1.54, 1.807) is 32.4 Å². The Kier molecular flexibility index (Phi) is 4.54. The summed E-state index contributed by atoms with van der Waals surface area (Å²) in [7, 11) is 1.56. The highest BCUT2D eigenvalue weighted by Gasteiger charge is 2.26. The zero-order valence-electron chi connectivity index (χ0n) is 17.1. The van der Waals surface area contributed by atoms with Gasteiger partial charge in [-0.25, -0.2) is 9.37 Å². The maximum atomic E-state index is 14.2. The summed E-state index contributed by atoms with van der Waals surface area (Å²) in [6.45, 7) is 2.25. The summed E-state index contributed by atoms with van der Waals surface area (Å²) in [5.41, 5.74) is 8.72. The molecule has 7 nitrogen and oxygen atoms in total. The molecule has 0 atom stereocenters. The third-order valence-electron chi connectivity index (χ3n) is 5.54. The predicted molar refractivity (Wildman–Crippen MR) is 116 cm³/mol. The first kappa shape index (κ1) is 19.0. The Bertz CT molecular complexity index is 1330. The molecule has 1 aliphatic heterocycles. The molecular weight excluding hydrogens is 397 g/mol. The molecular formula is C23H20FN5O2. The van der Waals surface area contributed by atoms with E-state index in [0.717, 1.165) is 17.0 Å². The molecule has 0 fully saturated rings. The predicted octanol–water partition coefficient (Wildman–Crippen LogP) is 3.72. The van der Waals surface area contributed by atoms with Gasteiger partial charge in [-0.3, -0.25) is 19.9 Å². The maximum absolute atomic E-state index is 14.2. The van der Waals surface area contributed by atoms with Crippen molar-refractivity contribution in [1.29, 1.82) is 0 Å². The molecule has 1 amide bonds. The van der Waals surface area contributed by atoms with Gasteiger partial charge in [-0.1, -0.05) is 6.07 Å². The summed E-state index contributed by atoms with van der Waals surface area (Å²) in [5, 5.41) is 2.88. The van der Waals surface area contributed by atoms with Gasteiger partial charge in [0.2, 0.25) is 5.88 Å². The molecule has 4 heterocycles. The molecule has 0 spiro atoms. The van der Waals surface area contributed by atoms with Gasteiger partial charge in [0.05, 0.1) is 35.3 Å². The second-order valence-corrected chi connectivity index (χ2v) is 7.34. The van der Waals surface area contributed by atoms with Gasteiger partial charge in [-0.2, -0.15) is 0 Å². The lowest BCUT2D eigenvalue weighted by molar-refractivity contribution is 0.0945. The van der Waals surface area contributed by atoms with E-state index in [0.29, 0.717) is 46.7 Å². The Hall–Kier alpha value is -3.94. The van der Waals surface area contributed by atoms with Gasteiger partial charge >= 0.3 is 0 Å². The Balaban J connectivity index is 1.75. The van der Waals surface area contributed by atoms with Crippen LogP contribution in [0, 0.1) is 12.7 Å². The molecule has 0 saturated heterocycles. The average Bonchev–Trinajstić information content (AvgIpc) is 3.15. The van der Waals surface area contributed by atoms with E-state index < -0.39 is 0 Å². The van der Waals surface area contributed by atoms with Gasteiger partial charge in [-0.15, -0.1) is 0 Å². The van der Waals surface area contributed by atoms with Crippen LogP contribution >= 0.6 is 0 Å². The minimum atomic E-state index is -0.300. The highest BCUT2D eigenvalue weighted by atomic mass is 19.1. The van der Waals surface area contributed by atoms with Gasteiger partial charge in [0.25, 0.3) is 5.91 Å². The Morgan fingerprint density at radius 1 is 1.19 bits per heavy atom. The number of ether oxygens (including phenoxy) is 1. The first-order valence-corrected chi connectivity index (χ1v) is 9.92. The molecule has 0 bridgehead atoms. The van der Waals surface area contributed by atoms with Gasteiger partial charge in [-0.05, 0) is 37.3 Å². The molecule has 0 unspecified atom stereocenters. The third kappa shape index (κ3) is 3.16. The van der Waals surface area contributed by atoms with Gasteiger partial charge in [0, 0.05) is 36.4 Å². The van der Waals surface area contributed by atoms with Crippen LogP contribution in [0.2, 0.25) is 0 Å². The Morgan fingerprint density at radius 2 is 2.06 bits per heavy atom. The quantitative estimate of drug-likeness (QED) is 0.529. The van der Waals surface area contributed by atoms with Crippen LogP contribution in [0.25, 0.3) is 22.3 Å². The van der Waals surface area contributed by atoms with Crippen molar-refractivity contribution in [1.82, 2.24) is 20.0 Å². The molecule has 5 rings (SSSR count). The lowest BCUT2D eigenvalue weighted by Crippen LogP contribution is -2.33. The number of pyridine rings is 2. The number of hydrogen-bond donors (Lipinski definition) is 2. The van der Waals surface area contributed by atoms with E-state index in [1.807, 2.05) is 28.9 Å². The number of anilines is 1. The molecule has 0 radical (unpaired) electrons. The van der Waals surface area contributed by atoms with Crippen molar-refractivity contribution in [2.45, 2.75) is 13.3 Å². The highest BCUT2D eigenvalue weighted by molar-refractivity contribution is 6.00. The number of rotatable bonds is 4. The number of halogens is 1. The van der Waals surface area contributed by atoms with Crippen LogP contribution in [-0.2, 0) is 6.42 Å². The summed E-state index contributed by atoms with van der Waals surface area (Å²) >= 11 is 0. The van der Waals surface area contributed by atoms with Gasteiger partial charge < -0.3 is 10.1 Å². The molecule has 1 aliphatic rings.